The van der Waals surface area contributed by atoms with Crippen LogP contribution in [0.2, 0.25) is 5.02 Å². The Morgan fingerprint density at radius 1 is 1.50 bits per heavy atom. The molecular formula is C15H20ClNO3. The first-order valence-corrected chi connectivity index (χ1v) is 7.28. The van der Waals surface area contributed by atoms with Crippen molar-refractivity contribution in [2.75, 3.05) is 6.61 Å². The summed E-state index contributed by atoms with van der Waals surface area (Å²) in [6.07, 6.45) is 1.58. The summed E-state index contributed by atoms with van der Waals surface area (Å²) in [5.41, 5.74) is 0. The van der Waals surface area contributed by atoms with Crippen LogP contribution in [0.15, 0.2) is 24.3 Å². The van der Waals surface area contributed by atoms with Gasteiger partial charge in [-0.1, -0.05) is 17.7 Å². The molecular weight excluding hydrogens is 278 g/mol. The predicted molar refractivity (Wildman–Crippen MR) is 78.1 cm³/mol. The molecule has 1 aromatic carbocycles. The van der Waals surface area contributed by atoms with E-state index >= 15 is 0 Å². The van der Waals surface area contributed by atoms with E-state index in [0.717, 1.165) is 19.4 Å². The highest BCUT2D eigenvalue weighted by molar-refractivity contribution is 6.30. The maximum absolute atomic E-state index is 12.1. The minimum absolute atomic E-state index is 0.00425. The van der Waals surface area contributed by atoms with Crippen molar-refractivity contribution in [3.05, 3.63) is 29.3 Å². The van der Waals surface area contributed by atoms with Gasteiger partial charge in [0.15, 0.2) is 6.10 Å². The molecule has 1 aliphatic heterocycles. The Kier molecular flexibility index (Phi) is 5.26. The summed E-state index contributed by atoms with van der Waals surface area (Å²) in [5, 5.41) is 3.52. The Morgan fingerprint density at radius 3 is 2.95 bits per heavy atom. The molecule has 3 unspecified atom stereocenters. The van der Waals surface area contributed by atoms with Gasteiger partial charge in [0.2, 0.25) is 0 Å². The lowest BCUT2D eigenvalue weighted by Crippen LogP contribution is -2.46. The molecule has 4 nitrogen and oxygen atoms in total. The number of hydrogen-bond donors (Lipinski definition) is 1. The molecule has 1 fully saturated rings. The van der Waals surface area contributed by atoms with Crippen molar-refractivity contribution < 1.29 is 14.3 Å². The molecule has 20 heavy (non-hydrogen) atoms. The molecule has 0 aromatic heterocycles. The van der Waals surface area contributed by atoms with E-state index in [4.69, 9.17) is 21.1 Å². The molecule has 0 radical (unpaired) electrons. The highest BCUT2D eigenvalue weighted by atomic mass is 35.5. The Labute approximate surface area is 124 Å². The number of carbonyl (C=O) groups is 1. The molecule has 1 heterocycles. The lowest BCUT2D eigenvalue weighted by Gasteiger charge is -2.22. The van der Waals surface area contributed by atoms with Crippen LogP contribution in [-0.4, -0.2) is 30.8 Å². The first kappa shape index (κ1) is 15.1. The van der Waals surface area contributed by atoms with Crippen LogP contribution >= 0.6 is 11.6 Å². The molecule has 1 aliphatic rings. The minimum atomic E-state index is -0.572. The molecule has 0 bridgehead atoms. The summed E-state index contributed by atoms with van der Waals surface area (Å²) in [5.74, 6) is 0.442. The van der Waals surface area contributed by atoms with E-state index < -0.39 is 6.10 Å². The number of rotatable bonds is 5. The molecule has 0 spiro atoms. The second-order valence-corrected chi connectivity index (χ2v) is 5.50. The molecule has 1 amide bonds. The van der Waals surface area contributed by atoms with Gasteiger partial charge in [0.05, 0.1) is 12.1 Å². The van der Waals surface area contributed by atoms with Gasteiger partial charge in [-0.3, -0.25) is 4.79 Å². The number of nitrogens with one attached hydrogen (secondary N) is 1. The van der Waals surface area contributed by atoms with Crippen molar-refractivity contribution in [1.29, 1.82) is 0 Å². The molecule has 5 heteroatoms. The van der Waals surface area contributed by atoms with Crippen molar-refractivity contribution in [3.63, 3.8) is 0 Å². The highest BCUT2D eigenvalue weighted by Gasteiger charge is 2.25. The molecule has 1 N–H and O–H groups in total. The smallest absolute Gasteiger partial charge is 0.261 e. The largest absolute Gasteiger partial charge is 0.481 e. The van der Waals surface area contributed by atoms with Crippen molar-refractivity contribution in [2.45, 2.75) is 44.9 Å². The fraction of sp³-hybridized carbons (Fsp3) is 0.533. The fourth-order valence-corrected chi connectivity index (χ4v) is 2.41. The van der Waals surface area contributed by atoms with Gasteiger partial charge in [-0.2, -0.15) is 0 Å². The lowest BCUT2D eigenvalue weighted by atomic mass is 10.1. The van der Waals surface area contributed by atoms with Crippen LogP contribution in [0.25, 0.3) is 0 Å². The Bertz CT molecular complexity index is 460. The number of ether oxygens (including phenoxy) is 2. The predicted octanol–water partition coefficient (Wildman–Crippen LogP) is 2.79. The number of amides is 1. The zero-order chi connectivity index (χ0) is 14.5. The third-order valence-electron chi connectivity index (χ3n) is 3.37. The van der Waals surface area contributed by atoms with E-state index in [0.29, 0.717) is 10.8 Å². The molecule has 2 rings (SSSR count). The monoisotopic (exact) mass is 297 g/mol. The van der Waals surface area contributed by atoms with Crippen LogP contribution in [0.5, 0.6) is 5.75 Å². The van der Waals surface area contributed by atoms with Crippen molar-refractivity contribution in [3.8, 4) is 5.75 Å². The fourth-order valence-electron chi connectivity index (χ4n) is 2.23. The van der Waals surface area contributed by atoms with Gasteiger partial charge in [-0.25, -0.2) is 0 Å². The first-order valence-electron chi connectivity index (χ1n) is 6.90. The van der Waals surface area contributed by atoms with Crippen LogP contribution < -0.4 is 10.1 Å². The number of benzene rings is 1. The van der Waals surface area contributed by atoms with Crippen LogP contribution in [0, 0.1) is 0 Å². The quantitative estimate of drug-likeness (QED) is 0.909. The van der Waals surface area contributed by atoms with Gasteiger partial charge in [0, 0.05) is 11.6 Å². The molecule has 1 aromatic rings. The molecule has 110 valence electrons. The van der Waals surface area contributed by atoms with Crippen LogP contribution in [-0.2, 0) is 9.53 Å². The van der Waals surface area contributed by atoms with Gasteiger partial charge in [-0.05, 0) is 44.9 Å². The second-order valence-electron chi connectivity index (χ2n) is 5.07. The van der Waals surface area contributed by atoms with E-state index in [9.17, 15) is 4.79 Å². The summed E-state index contributed by atoms with van der Waals surface area (Å²) in [6.45, 7) is 4.46. The molecule has 1 saturated heterocycles. The molecule has 3 atom stereocenters. The van der Waals surface area contributed by atoms with E-state index in [2.05, 4.69) is 5.32 Å². The lowest BCUT2D eigenvalue weighted by molar-refractivity contribution is -0.128. The zero-order valence-electron chi connectivity index (χ0n) is 11.8. The molecule has 0 aliphatic carbocycles. The summed E-state index contributed by atoms with van der Waals surface area (Å²) >= 11 is 5.88. The van der Waals surface area contributed by atoms with Gasteiger partial charge in [0.25, 0.3) is 5.91 Å². The maximum Gasteiger partial charge on any atom is 0.261 e. The second kappa shape index (κ2) is 6.95. The van der Waals surface area contributed by atoms with Gasteiger partial charge in [-0.15, -0.1) is 0 Å². The number of halogens is 1. The Hall–Kier alpha value is -1.26. The van der Waals surface area contributed by atoms with E-state index in [1.54, 1.807) is 31.2 Å². The van der Waals surface area contributed by atoms with Gasteiger partial charge >= 0.3 is 0 Å². The van der Waals surface area contributed by atoms with E-state index in [-0.39, 0.29) is 18.1 Å². The summed E-state index contributed by atoms with van der Waals surface area (Å²) in [4.78, 5) is 12.1. The topological polar surface area (TPSA) is 47.6 Å². The Morgan fingerprint density at radius 2 is 2.30 bits per heavy atom. The van der Waals surface area contributed by atoms with Gasteiger partial charge < -0.3 is 14.8 Å². The molecule has 0 saturated carbocycles. The third kappa shape index (κ3) is 4.12. The van der Waals surface area contributed by atoms with Crippen molar-refractivity contribution >= 4 is 17.5 Å². The summed E-state index contributed by atoms with van der Waals surface area (Å²) in [7, 11) is 0. The van der Waals surface area contributed by atoms with Crippen LogP contribution in [0.3, 0.4) is 0 Å². The van der Waals surface area contributed by atoms with Crippen molar-refractivity contribution in [2.24, 2.45) is 0 Å². The average Bonchev–Trinajstić information content (AvgIpc) is 2.92. The average molecular weight is 298 g/mol. The van der Waals surface area contributed by atoms with Crippen LogP contribution in [0.4, 0.5) is 0 Å². The zero-order valence-corrected chi connectivity index (χ0v) is 12.5. The van der Waals surface area contributed by atoms with E-state index in [1.807, 2.05) is 6.92 Å². The third-order valence-corrected chi connectivity index (χ3v) is 3.61. The van der Waals surface area contributed by atoms with Gasteiger partial charge in [0.1, 0.15) is 5.75 Å². The minimum Gasteiger partial charge on any atom is -0.481 e. The first-order chi connectivity index (χ1) is 9.56. The highest BCUT2D eigenvalue weighted by Crippen LogP contribution is 2.19. The van der Waals surface area contributed by atoms with E-state index in [1.165, 1.54) is 0 Å². The normalized spacial score (nSPS) is 21.2. The van der Waals surface area contributed by atoms with Crippen molar-refractivity contribution in [1.82, 2.24) is 5.32 Å². The standard InChI is InChI=1S/C15H20ClNO3/c1-10(14-7-4-8-19-14)17-15(18)11(2)20-13-6-3-5-12(16)9-13/h3,5-6,9-11,14H,4,7-8H2,1-2H3,(H,17,18). The SMILES string of the molecule is CC(Oc1cccc(Cl)c1)C(=O)NC(C)C1CCCO1. The number of carbonyl (C=O) groups excluding carboxylic acids is 1. The number of hydrogen-bond acceptors (Lipinski definition) is 3. The summed E-state index contributed by atoms with van der Waals surface area (Å²) < 4.78 is 11.1. The Balaban J connectivity index is 1.85. The van der Waals surface area contributed by atoms with Crippen LogP contribution in [0.1, 0.15) is 26.7 Å². The maximum atomic E-state index is 12.1. The summed E-state index contributed by atoms with van der Waals surface area (Å²) in [6, 6.07) is 7.01.